The van der Waals surface area contributed by atoms with E-state index in [1.807, 2.05) is 4.90 Å². The van der Waals surface area contributed by atoms with E-state index in [-0.39, 0.29) is 18.9 Å². The van der Waals surface area contributed by atoms with Gasteiger partial charge in [0, 0.05) is 38.3 Å². The van der Waals surface area contributed by atoms with Gasteiger partial charge in [-0.2, -0.15) is 18.4 Å². The first-order valence-corrected chi connectivity index (χ1v) is 9.63. The summed E-state index contributed by atoms with van der Waals surface area (Å²) in [6, 6.07) is 8.45. The minimum atomic E-state index is -4.40. The van der Waals surface area contributed by atoms with Gasteiger partial charge >= 0.3 is 6.18 Å². The number of alkyl halides is 3. The molecule has 0 aromatic heterocycles. The lowest BCUT2D eigenvalue weighted by molar-refractivity contribution is -0.168. The molecule has 2 aliphatic heterocycles. The number of piperazine rings is 1. The maximum Gasteiger partial charge on any atom is 0.406 e. The Kier molecular flexibility index (Phi) is 6.42. The number of hydrogen-bond acceptors (Lipinski definition) is 4. The van der Waals surface area contributed by atoms with E-state index < -0.39 is 24.7 Å². The standard InChI is InChI=1S/C20H23F3N4O2/c21-20(22,23)14-27-8-2-5-17(19(27)29)25-9-11-26(12-10-25)18(28)16-4-1-3-15(13-16)6-7-24/h1,3-4,13,17H,2,5-6,8-12,14H2. The molecule has 2 aliphatic rings. The normalized spacial score (nSPS) is 21.2. The highest BCUT2D eigenvalue weighted by Gasteiger charge is 2.40. The van der Waals surface area contributed by atoms with E-state index in [1.165, 1.54) is 0 Å². The zero-order valence-corrected chi connectivity index (χ0v) is 16.0. The molecule has 1 unspecified atom stereocenters. The largest absolute Gasteiger partial charge is 0.406 e. The van der Waals surface area contributed by atoms with E-state index in [4.69, 9.17) is 5.26 Å². The number of carbonyl (C=O) groups excluding carboxylic acids is 2. The van der Waals surface area contributed by atoms with Crippen molar-refractivity contribution in [1.82, 2.24) is 14.7 Å². The Morgan fingerprint density at radius 2 is 1.90 bits per heavy atom. The summed E-state index contributed by atoms with van der Waals surface area (Å²) in [5.41, 5.74) is 1.28. The SMILES string of the molecule is N#CCc1cccc(C(=O)N2CCN(C3CCCN(CC(F)(F)F)C3=O)CC2)c1. The van der Waals surface area contributed by atoms with Crippen LogP contribution in [0.15, 0.2) is 24.3 Å². The molecule has 1 aromatic carbocycles. The number of nitriles is 1. The smallest absolute Gasteiger partial charge is 0.336 e. The summed E-state index contributed by atoms with van der Waals surface area (Å²) >= 11 is 0. The molecule has 0 radical (unpaired) electrons. The lowest BCUT2D eigenvalue weighted by Gasteiger charge is -2.42. The fourth-order valence-electron chi connectivity index (χ4n) is 3.96. The first-order chi connectivity index (χ1) is 13.8. The number of benzene rings is 1. The van der Waals surface area contributed by atoms with Crippen LogP contribution >= 0.6 is 0 Å². The molecule has 0 spiro atoms. The van der Waals surface area contributed by atoms with Gasteiger partial charge in [0.15, 0.2) is 0 Å². The zero-order valence-electron chi connectivity index (χ0n) is 16.0. The van der Waals surface area contributed by atoms with Gasteiger partial charge in [-0.05, 0) is 30.5 Å². The number of likely N-dealkylation sites (tertiary alicyclic amines) is 1. The maximum atomic E-state index is 12.7. The molecule has 2 heterocycles. The Hall–Kier alpha value is -2.60. The molecule has 2 fully saturated rings. The molecule has 2 saturated heterocycles. The number of piperidine rings is 1. The van der Waals surface area contributed by atoms with Gasteiger partial charge in [0.2, 0.25) is 5.91 Å². The average molecular weight is 408 g/mol. The highest BCUT2D eigenvalue weighted by molar-refractivity contribution is 5.94. The third kappa shape index (κ3) is 5.26. The van der Waals surface area contributed by atoms with Crippen molar-refractivity contribution in [1.29, 1.82) is 5.26 Å². The molecule has 0 aliphatic carbocycles. The van der Waals surface area contributed by atoms with Crippen LogP contribution in [0.4, 0.5) is 13.2 Å². The second-order valence-corrected chi connectivity index (χ2v) is 7.40. The van der Waals surface area contributed by atoms with Crippen LogP contribution in [0.1, 0.15) is 28.8 Å². The van der Waals surface area contributed by atoms with E-state index in [1.54, 1.807) is 29.2 Å². The molecular formula is C20H23F3N4O2. The van der Waals surface area contributed by atoms with Crippen LogP contribution < -0.4 is 0 Å². The Morgan fingerprint density at radius 3 is 2.55 bits per heavy atom. The number of halogens is 3. The van der Waals surface area contributed by atoms with Crippen LogP contribution in [0.2, 0.25) is 0 Å². The van der Waals surface area contributed by atoms with Crippen LogP contribution in [0.25, 0.3) is 0 Å². The van der Waals surface area contributed by atoms with Crippen molar-refractivity contribution >= 4 is 11.8 Å². The number of nitrogens with zero attached hydrogens (tertiary/aromatic N) is 4. The van der Waals surface area contributed by atoms with Crippen molar-refractivity contribution in [2.24, 2.45) is 0 Å². The molecule has 0 N–H and O–H groups in total. The van der Waals surface area contributed by atoms with Crippen LogP contribution in [0.3, 0.4) is 0 Å². The van der Waals surface area contributed by atoms with E-state index in [0.717, 1.165) is 10.5 Å². The van der Waals surface area contributed by atoms with Gasteiger partial charge in [0.05, 0.1) is 18.5 Å². The molecule has 1 atom stereocenters. The summed E-state index contributed by atoms with van der Waals surface area (Å²) in [7, 11) is 0. The van der Waals surface area contributed by atoms with Crippen molar-refractivity contribution in [3.8, 4) is 6.07 Å². The van der Waals surface area contributed by atoms with Gasteiger partial charge in [-0.15, -0.1) is 0 Å². The van der Waals surface area contributed by atoms with Crippen molar-refractivity contribution in [2.75, 3.05) is 39.3 Å². The maximum absolute atomic E-state index is 12.7. The monoisotopic (exact) mass is 408 g/mol. The lowest BCUT2D eigenvalue weighted by atomic mass is 10.0. The summed E-state index contributed by atoms with van der Waals surface area (Å²) < 4.78 is 38.1. The third-order valence-corrected chi connectivity index (χ3v) is 5.37. The highest BCUT2D eigenvalue weighted by atomic mass is 19.4. The summed E-state index contributed by atoms with van der Waals surface area (Å²) in [6.07, 6.45) is -3.09. The number of rotatable bonds is 4. The Bertz CT molecular complexity index is 798. The molecule has 9 heteroatoms. The van der Waals surface area contributed by atoms with Crippen molar-refractivity contribution in [3.63, 3.8) is 0 Å². The predicted octanol–water partition coefficient (Wildman–Crippen LogP) is 2.06. The fourth-order valence-corrected chi connectivity index (χ4v) is 3.96. The molecule has 0 bridgehead atoms. The Morgan fingerprint density at radius 1 is 1.17 bits per heavy atom. The topological polar surface area (TPSA) is 67.7 Å². The van der Waals surface area contributed by atoms with Gasteiger partial charge in [-0.25, -0.2) is 0 Å². The molecule has 6 nitrogen and oxygen atoms in total. The van der Waals surface area contributed by atoms with Crippen LogP contribution in [-0.4, -0.2) is 78.0 Å². The van der Waals surface area contributed by atoms with Crippen LogP contribution in [0, 0.1) is 11.3 Å². The van der Waals surface area contributed by atoms with Crippen molar-refractivity contribution in [3.05, 3.63) is 35.4 Å². The number of amides is 2. The van der Waals surface area contributed by atoms with Crippen LogP contribution in [-0.2, 0) is 11.2 Å². The van der Waals surface area contributed by atoms with E-state index in [0.29, 0.717) is 44.6 Å². The first kappa shape index (κ1) is 21.1. The van der Waals surface area contributed by atoms with Gasteiger partial charge in [-0.1, -0.05) is 12.1 Å². The molecule has 1 aromatic rings. The molecule has 2 amide bonds. The Labute approximate surface area is 167 Å². The summed E-state index contributed by atoms with van der Waals surface area (Å²) in [6.45, 7) is 0.626. The molecule has 3 rings (SSSR count). The van der Waals surface area contributed by atoms with E-state index in [9.17, 15) is 22.8 Å². The second kappa shape index (κ2) is 8.82. The summed E-state index contributed by atoms with van der Waals surface area (Å²) in [5, 5.41) is 8.81. The molecular weight excluding hydrogens is 385 g/mol. The van der Waals surface area contributed by atoms with Gasteiger partial charge in [0.25, 0.3) is 5.91 Å². The average Bonchev–Trinajstić information content (AvgIpc) is 2.69. The quantitative estimate of drug-likeness (QED) is 0.765. The fraction of sp³-hybridized carbons (Fsp3) is 0.550. The predicted molar refractivity (Wildman–Crippen MR) is 98.9 cm³/mol. The van der Waals surface area contributed by atoms with Gasteiger partial charge < -0.3 is 9.80 Å². The molecule has 29 heavy (non-hydrogen) atoms. The highest BCUT2D eigenvalue weighted by Crippen LogP contribution is 2.24. The van der Waals surface area contributed by atoms with Crippen molar-refractivity contribution in [2.45, 2.75) is 31.5 Å². The molecule has 0 saturated carbocycles. The first-order valence-electron chi connectivity index (χ1n) is 9.63. The minimum Gasteiger partial charge on any atom is -0.336 e. The minimum absolute atomic E-state index is 0.131. The summed E-state index contributed by atoms with van der Waals surface area (Å²) in [5.74, 6) is -0.615. The summed E-state index contributed by atoms with van der Waals surface area (Å²) in [4.78, 5) is 29.7. The number of hydrogen-bond donors (Lipinski definition) is 0. The zero-order chi connectivity index (χ0) is 21.0. The number of carbonyl (C=O) groups is 2. The van der Waals surface area contributed by atoms with Crippen LogP contribution in [0.5, 0.6) is 0 Å². The third-order valence-electron chi connectivity index (χ3n) is 5.37. The lowest BCUT2D eigenvalue weighted by Crippen LogP contribution is -2.59. The molecule has 156 valence electrons. The second-order valence-electron chi connectivity index (χ2n) is 7.40. The van der Waals surface area contributed by atoms with E-state index >= 15 is 0 Å². The van der Waals surface area contributed by atoms with E-state index in [2.05, 4.69) is 6.07 Å². The Balaban J connectivity index is 1.58. The van der Waals surface area contributed by atoms with Gasteiger partial charge in [0.1, 0.15) is 6.54 Å². The van der Waals surface area contributed by atoms with Crippen molar-refractivity contribution < 1.29 is 22.8 Å². The van der Waals surface area contributed by atoms with Gasteiger partial charge in [-0.3, -0.25) is 14.5 Å².